The third kappa shape index (κ3) is 2.96. The fourth-order valence-electron chi connectivity index (χ4n) is 1.98. The van der Waals surface area contributed by atoms with Crippen molar-refractivity contribution in [3.63, 3.8) is 0 Å². The van der Waals surface area contributed by atoms with Gasteiger partial charge < -0.3 is 9.64 Å². The van der Waals surface area contributed by atoms with E-state index in [4.69, 9.17) is 16.3 Å². The van der Waals surface area contributed by atoms with Crippen LogP contribution < -0.4 is 0 Å². The first-order valence-electron chi connectivity index (χ1n) is 5.65. The summed E-state index contributed by atoms with van der Waals surface area (Å²) in [4.78, 5) is 17.8. The molecule has 1 fully saturated rings. The topological polar surface area (TPSA) is 42.4 Å². The molecule has 1 aromatic heterocycles. The molecule has 0 aliphatic carbocycles. The van der Waals surface area contributed by atoms with Gasteiger partial charge in [0.05, 0.1) is 0 Å². The molecule has 5 heteroatoms. The van der Waals surface area contributed by atoms with Gasteiger partial charge in [-0.25, -0.2) is 4.98 Å². The summed E-state index contributed by atoms with van der Waals surface area (Å²) in [6.07, 6.45) is 3.33. The second kappa shape index (κ2) is 5.47. The van der Waals surface area contributed by atoms with Gasteiger partial charge in [-0.15, -0.1) is 0 Å². The average molecular weight is 255 g/mol. The third-order valence-electron chi connectivity index (χ3n) is 3.03. The van der Waals surface area contributed by atoms with E-state index in [0.717, 1.165) is 26.1 Å². The Hall–Kier alpha value is -1.13. The Morgan fingerprint density at radius 3 is 2.88 bits per heavy atom. The minimum atomic E-state index is -0.0128. The van der Waals surface area contributed by atoms with Crippen LogP contribution in [0, 0.1) is 0 Å². The fraction of sp³-hybridized carbons (Fsp3) is 0.500. The lowest BCUT2D eigenvalue weighted by atomic mass is 10.1. The maximum atomic E-state index is 12.2. The molecule has 17 heavy (non-hydrogen) atoms. The van der Waals surface area contributed by atoms with E-state index in [1.165, 1.54) is 0 Å². The Morgan fingerprint density at radius 1 is 1.53 bits per heavy atom. The number of nitrogens with zero attached hydrogens (tertiary/aromatic N) is 2. The van der Waals surface area contributed by atoms with Gasteiger partial charge in [0.1, 0.15) is 5.15 Å². The number of aromatic nitrogens is 1. The number of ether oxygens (including phenoxy) is 1. The lowest BCUT2D eigenvalue weighted by Crippen LogP contribution is -2.40. The fourth-order valence-corrected chi connectivity index (χ4v) is 2.15. The summed E-state index contributed by atoms with van der Waals surface area (Å²) in [6.45, 7) is 1.44. The molecule has 2 rings (SSSR count). The number of amides is 1. The molecule has 0 atom stereocenters. The van der Waals surface area contributed by atoms with Crippen molar-refractivity contribution in [2.45, 2.75) is 18.9 Å². The van der Waals surface area contributed by atoms with Gasteiger partial charge in [0.15, 0.2) is 0 Å². The summed E-state index contributed by atoms with van der Waals surface area (Å²) >= 11 is 5.78. The van der Waals surface area contributed by atoms with E-state index in [0.29, 0.717) is 10.7 Å². The average Bonchev–Trinajstić information content (AvgIpc) is 2.38. The molecule has 92 valence electrons. The molecule has 4 nitrogen and oxygen atoms in total. The number of rotatable bonds is 2. The number of carbonyl (C=O) groups excluding carboxylic acids is 1. The molecule has 0 N–H and O–H groups in total. The van der Waals surface area contributed by atoms with Crippen molar-refractivity contribution in [3.05, 3.63) is 29.0 Å². The highest BCUT2D eigenvalue weighted by molar-refractivity contribution is 6.29. The van der Waals surface area contributed by atoms with Crippen LogP contribution >= 0.6 is 11.6 Å². The van der Waals surface area contributed by atoms with Crippen molar-refractivity contribution in [2.75, 3.05) is 20.3 Å². The standard InChI is InChI=1S/C12H15ClN2O2/c1-15(10-3-6-17-7-4-10)12(16)9-2-5-14-11(13)8-9/h2,5,8,10H,3-4,6-7H2,1H3. The van der Waals surface area contributed by atoms with Gasteiger partial charge in [0.25, 0.3) is 5.91 Å². The van der Waals surface area contributed by atoms with Crippen LogP contribution in [0.5, 0.6) is 0 Å². The molecular formula is C12H15ClN2O2. The van der Waals surface area contributed by atoms with Gasteiger partial charge in [0.2, 0.25) is 0 Å². The van der Waals surface area contributed by atoms with E-state index in [1.807, 2.05) is 7.05 Å². The number of carbonyl (C=O) groups is 1. The number of pyridine rings is 1. The molecule has 0 aromatic carbocycles. The SMILES string of the molecule is CN(C(=O)c1ccnc(Cl)c1)C1CCOCC1. The van der Waals surface area contributed by atoms with Crippen LogP contribution in [-0.4, -0.2) is 42.1 Å². The Bertz CT molecular complexity index is 405. The van der Waals surface area contributed by atoms with Crippen molar-refractivity contribution >= 4 is 17.5 Å². The van der Waals surface area contributed by atoms with Crippen LogP contribution in [0.15, 0.2) is 18.3 Å². The molecule has 0 bridgehead atoms. The van der Waals surface area contributed by atoms with Crippen molar-refractivity contribution in [2.24, 2.45) is 0 Å². The van der Waals surface area contributed by atoms with Gasteiger partial charge in [-0.1, -0.05) is 11.6 Å². The van der Waals surface area contributed by atoms with Crippen LogP contribution in [0.25, 0.3) is 0 Å². The first-order valence-corrected chi connectivity index (χ1v) is 6.03. The quantitative estimate of drug-likeness (QED) is 0.758. The van der Waals surface area contributed by atoms with E-state index in [-0.39, 0.29) is 11.9 Å². The summed E-state index contributed by atoms with van der Waals surface area (Å²) in [5, 5.41) is 0.344. The number of hydrogen-bond acceptors (Lipinski definition) is 3. The molecule has 1 aliphatic rings. The largest absolute Gasteiger partial charge is 0.381 e. The monoisotopic (exact) mass is 254 g/mol. The minimum absolute atomic E-state index is 0.0128. The molecule has 0 spiro atoms. The van der Waals surface area contributed by atoms with Crippen molar-refractivity contribution in [1.82, 2.24) is 9.88 Å². The predicted molar refractivity (Wildman–Crippen MR) is 65.2 cm³/mol. The summed E-state index contributed by atoms with van der Waals surface area (Å²) in [5.41, 5.74) is 0.582. The lowest BCUT2D eigenvalue weighted by molar-refractivity contribution is 0.0362. The number of halogens is 1. The molecule has 1 saturated heterocycles. The molecule has 0 saturated carbocycles. The van der Waals surface area contributed by atoms with Crippen LogP contribution in [0.1, 0.15) is 23.2 Å². The summed E-state index contributed by atoms with van der Waals surface area (Å²) < 4.78 is 5.29. The zero-order chi connectivity index (χ0) is 12.3. The van der Waals surface area contributed by atoms with Crippen molar-refractivity contribution < 1.29 is 9.53 Å². The number of hydrogen-bond donors (Lipinski definition) is 0. The summed E-state index contributed by atoms with van der Waals surface area (Å²) in [7, 11) is 1.83. The normalized spacial score (nSPS) is 16.8. The second-order valence-electron chi connectivity index (χ2n) is 4.13. The Balaban J connectivity index is 2.08. The highest BCUT2D eigenvalue weighted by Gasteiger charge is 2.23. The zero-order valence-corrected chi connectivity index (χ0v) is 10.5. The van der Waals surface area contributed by atoms with Crippen LogP contribution in [0.4, 0.5) is 0 Å². The van der Waals surface area contributed by atoms with Gasteiger partial charge in [-0.3, -0.25) is 4.79 Å². The highest BCUT2D eigenvalue weighted by atomic mass is 35.5. The molecule has 1 aromatic rings. The smallest absolute Gasteiger partial charge is 0.254 e. The minimum Gasteiger partial charge on any atom is -0.381 e. The van der Waals surface area contributed by atoms with Crippen LogP contribution in [-0.2, 0) is 4.74 Å². The zero-order valence-electron chi connectivity index (χ0n) is 9.73. The van der Waals surface area contributed by atoms with E-state index in [2.05, 4.69) is 4.98 Å². The first-order chi connectivity index (χ1) is 8.18. The molecule has 2 heterocycles. The molecule has 0 radical (unpaired) electrons. The second-order valence-corrected chi connectivity index (χ2v) is 4.51. The van der Waals surface area contributed by atoms with Gasteiger partial charge in [-0.05, 0) is 25.0 Å². The Labute approximate surface area is 106 Å². The van der Waals surface area contributed by atoms with Gasteiger partial charge in [-0.2, -0.15) is 0 Å². The highest BCUT2D eigenvalue weighted by Crippen LogP contribution is 2.16. The maximum Gasteiger partial charge on any atom is 0.254 e. The summed E-state index contributed by atoms with van der Waals surface area (Å²) in [6, 6.07) is 3.53. The molecule has 1 amide bonds. The van der Waals surface area contributed by atoms with E-state index in [9.17, 15) is 4.79 Å². The van der Waals surface area contributed by atoms with E-state index in [1.54, 1.807) is 23.2 Å². The lowest BCUT2D eigenvalue weighted by Gasteiger charge is -2.31. The summed E-state index contributed by atoms with van der Waals surface area (Å²) in [5.74, 6) is -0.0128. The van der Waals surface area contributed by atoms with Crippen LogP contribution in [0.3, 0.4) is 0 Å². The third-order valence-corrected chi connectivity index (χ3v) is 3.24. The maximum absolute atomic E-state index is 12.2. The molecule has 0 unspecified atom stereocenters. The molecular weight excluding hydrogens is 240 g/mol. The van der Waals surface area contributed by atoms with Crippen molar-refractivity contribution in [3.8, 4) is 0 Å². The van der Waals surface area contributed by atoms with Crippen molar-refractivity contribution in [1.29, 1.82) is 0 Å². The first kappa shape index (κ1) is 12.3. The van der Waals surface area contributed by atoms with Crippen LogP contribution in [0.2, 0.25) is 5.15 Å². The van der Waals surface area contributed by atoms with E-state index >= 15 is 0 Å². The Kier molecular flexibility index (Phi) is 3.97. The van der Waals surface area contributed by atoms with E-state index < -0.39 is 0 Å². The van der Waals surface area contributed by atoms with Gasteiger partial charge in [0, 0.05) is 38.1 Å². The van der Waals surface area contributed by atoms with Gasteiger partial charge >= 0.3 is 0 Å². The molecule has 1 aliphatic heterocycles. The predicted octanol–water partition coefficient (Wildman–Crippen LogP) is 1.99. The Morgan fingerprint density at radius 2 is 2.24 bits per heavy atom.